The standard InChI is InChI=1S/C24H33NO5/c1-16(17-7-9-18(10-8-17)20(27)29-6)19(26)23(5)15-24(11-12-24)13-14-25(23)21(28)30-22(2,3)4/h7-10,16H,11-15H2,1-6H3/t16-,23?/m0/s1. The van der Waals surface area contributed by atoms with Crippen molar-refractivity contribution in [3.63, 3.8) is 0 Å². The molecule has 0 aromatic heterocycles. The summed E-state index contributed by atoms with van der Waals surface area (Å²) >= 11 is 0. The molecule has 0 bridgehead atoms. The van der Waals surface area contributed by atoms with Gasteiger partial charge in [0.1, 0.15) is 11.1 Å². The lowest BCUT2D eigenvalue weighted by Gasteiger charge is -2.48. The molecule has 2 fully saturated rings. The van der Waals surface area contributed by atoms with Gasteiger partial charge in [-0.3, -0.25) is 9.69 Å². The highest BCUT2D eigenvalue weighted by atomic mass is 16.6. The van der Waals surface area contributed by atoms with Gasteiger partial charge < -0.3 is 9.47 Å². The highest BCUT2D eigenvalue weighted by molar-refractivity contribution is 5.96. The van der Waals surface area contributed by atoms with Gasteiger partial charge in [-0.1, -0.05) is 19.1 Å². The maximum absolute atomic E-state index is 13.8. The number of esters is 1. The normalized spacial score (nSPS) is 23.6. The molecular formula is C24H33NO5. The number of ether oxygens (including phenoxy) is 2. The lowest BCUT2D eigenvalue weighted by Crippen LogP contribution is -2.61. The van der Waals surface area contributed by atoms with E-state index in [0.717, 1.165) is 24.8 Å². The summed E-state index contributed by atoms with van der Waals surface area (Å²) in [4.78, 5) is 40.1. The first-order valence-corrected chi connectivity index (χ1v) is 10.6. The van der Waals surface area contributed by atoms with Crippen molar-refractivity contribution in [2.75, 3.05) is 13.7 Å². The Labute approximate surface area is 178 Å². The first-order valence-electron chi connectivity index (χ1n) is 10.6. The fourth-order valence-corrected chi connectivity index (χ4v) is 4.59. The molecule has 1 saturated carbocycles. The van der Waals surface area contributed by atoms with Crippen LogP contribution in [0.5, 0.6) is 0 Å². The first kappa shape index (κ1) is 22.3. The number of nitrogens with zero attached hydrogens (tertiary/aromatic N) is 1. The van der Waals surface area contributed by atoms with Gasteiger partial charge in [0.05, 0.1) is 12.7 Å². The summed E-state index contributed by atoms with van der Waals surface area (Å²) in [6.07, 6.45) is 3.38. The first-order chi connectivity index (χ1) is 13.9. The Hall–Kier alpha value is -2.37. The van der Waals surface area contributed by atoms with Crippen LogP contribution in [-0.2, 0) is 14.3 Å². The highest BCUT2D eigenvalue weighted by Gasteiger charge is 2.58. The average Bonchev–Trinajstić information content (AvgIpc) is 3.43. The molecule has 0 N–H and O–H groups in total. The number of likely N-dealkylation sites (tertiary alicyclic amines) is 1. The lowest BCUT2D eigenvalue weighted by atomic mass is 9.73. The van der Waals surface area contributed by atoms with E-state index >= 15 is 0 Å². The summed E-state index contributed by atoms with van der Waals surface area (Å²) < 4.78 is 10.4. The number of carbonyl (C=O) groups excluding carboxylic acids is 3. The Balaban J connectivity index is 1.86. The van der Waals surface area contributed by atoms with Crippen molar-refractivity contribution in [3.05, 3.63) is 35.4 Å². The van der Waals surface area contributed by atoms with E-state index < -0.39 is 29.1 Å². The lowest BCUT2D eigenvalue weighted by molar-refractivity contribution is -0.135. The maximum Gasteiger partial charge on any atom is 0.411 e. The fourth-order valence-electron chi connectivity index (χ4n) is 4.59. The molecule has 3 rings (SSSR count). The molecule has 6 nitrogen and oxygen atoms in total. The van der Waals surface area contributed by atoms with E-state index in [0.29, 0.717) is 18.5 Å². The fraction of sp³-hybridized carbons (Fsp3) is 0.625. The van der Waals surface area contributed by atoms with Crippen LogP contribution >= 0.6 is 0 Å². The van der Waals surface area contributed by atoms with E-state index in [9.17, 15) is 14.4 Å². The largest absolute Gasteiger partial charge is 0.465 e. The van der Waals surface area contributed by atoms with Crippen LogP contribution in [0.2, 0.25) is 0 Å². The van der Waals surface area contributed by atoms with E-state index in [1.165, 1.54) is 7.11 Å². The number of hydrogen-bond donors (Lipinski definition) is 0. The summed E-state index contributed by atoms with van der Waals surface area (Å²) in [5.41, 5.74) is -0.106. The molecule has 30 heavy (non-hydrogen) atoms. The third kappa shape index (κ3) is 4.37. The molecule has 1 aromatic carbocycles. The van der Waals surface area contributed by atoms with Crippen LogP contribution in [0.3, 0.4) is 0 Å². The molecule has 6 heteroatoms. The van der Waals surface area contributed by atoms with Gasteiger partial charge in [-0.25, -0.2) is 9.59 Å². The monoisotopic (exact) mass is 415 g/mol. The van der Waals surface area contributed by atoms with Gasteiger partial charge in [0, 0.05) is 12.5 Å². The Morgan fingerprint density at radius 1 is 1.07 bits per heavy atom. The van der Waals surface area contributed by atoms with Crippen LogP contribution in [0.4, 0.5) is 4.79 Å². The van der Waals surface area contributed by atoms with E-state index in [2.05, 4.69) is 0 Å². The van der Waals surface area contributed by atoms with Crippen LogP contribution < -0.4 is 0 Å². The van der Waals surface area contributed by atoms with E-state index in [4.69, 9.17) is 9.47 Å². The van der Waals surface area contributed by atoms with Crippen LogP contribution in [0, 0.1) is 5.41 Å². The van der Waals surface area contributed by atoms with Crippen molar-refractivity contribution >= 4 is 17.8 Å². The van der Waals surface area contributed by atoms with Gasteiger partial charge >= 0.3 is 12.1 Å². The van der Waals surface area contributed by atoms with Gasteiger partial charge in [0.2, 0.25) is 0 Å². The highest BCUT2D eigenvalue weighted by Crippen LogP contribution is 2.58. The van der Waals surface area contributed by atoms with Crippen molar-refractivity contribution in [1.29, 1.82) is 0 Å². The van der Waals surface area contributed by atoms with Crippen LogP contribution in [0.1, 0.15) is 82.1 Å². The molecule has 1 amide bonds. The van der Waals surface area contributed by atoms with Gasteiger partial charge in [0.15, 0.2) is 5.78 Å². The molecule has 2 aliphatic rings. The van der Waals surface area contributed by atoms with Crippen molar-refractivity contribution in [1.82, 2.24) is 4.90 Å². The van der Waals surface area contributed by atoms with Crippen LogP contribution in [-0.4, -0.2) is 47.5 Å². The van der Waals surface area contributed by atoms with E-state index in [1.807, 2.05) is 34.6 Å². The number of piperidine rings is 1. The minimum atomic E-state index is -0.919. The Morgan fingerprint density at radius 3 is 2.17 bits per heavy atom. The molecule has 2 atom stereocenters. The number of benzene rings is 1. The van der Waals surface area contributed by atoms with Gasteiger partial charge in [-0.15, -0.1) is 0 Å². The quantitative estimate of drug-likeness (QED) is 0.666. The summed E-state index contributed by atoms with van der Waals surface area (Å²) in [5, 5.41) is 0. The predicted molar refractivity (Wildman–Crippen MR) is 113 cm³/mol. The number of carbonyl (C=O) groups is 3. The third-order valence-corrected chi connectivity index (χ3v) is 6.51. The summed E-state index contributed by atoms with van der Waals surface area (Å²) in [6, 6.07) is 6.90. The second-order valence-electron chi connectivity index (χ2n) is 10.0. The molecule has 1 spiro atoms. The molecule has 164 valence electrons. The maximum atomic E-state index is 13.8. The Bertz CT molecular complexity index is 834. The minimum Gasteiger partial charge on any atom is -0.465 e. The summed E-state index contributed by atoms with van der Waals surface area (Å²) in [5.74, 6) is -0.822. The van der Waals surface area contributed by atoms with Gasteiger partial charge in [-0.2, -0.15) is 0 Å². The second kappa shape index (κ2) is 7.71. The molecule has 1 unspecified atom stereocenters. The van der Waals surface area contributed by atoms with Gasteiger partial charge in [0.25, 0.3) is 0 Å². The molecular weight excluding hydrogens is 382 g/mol. The van der Waals surface area contributed by atoms with Crippen molar-refractivity contribution in [2.45, 2.75) is 77.4 Å². The zero-order chi connectivity index (χ0) is 22.3. The molecule has 1 aliphatic carbocycles. The summed E-state index contributed by atoms with van der Waals surface area (Å²) in [6.45, 7) is 9.79. The SMILES string of the molecule is COC(=O)c1ccc([C@H](C)C(=O)C2(C)CC3(CCN2C(=O)OC(C)(C)C)CC3)cc1. The molecule has 1 aromatic rings. The van der Waals surface area contributed by atoms with Crippen molar-refractivity contribution < 1.29 is 23.9 Å². The minimum absolute atomic E-state index is 0.00477. The average molecular weight is 416 g/mol. The topological polar surface area (TPSA) is 72.9 Å². The number of hydrogen-bond acceptors (Lipinski definition) is 5. The Kier molecular flexibility index (Phi) is 5.74. The van der Waals surface area contributed by atoms with Crippen LogP contribution in [0.15, 0.2) is 24.3 Å². The smallest absolute Gasteiger partial charge is 0.411 e. The molecule has 1 aliphatic heterocycles. The number of rotatable bonds is 4. The van der Waals surface area contributed by atoms with Crippen LogP contribution in [0.25, 0.3) is 0 Å². The van der Waals surface area contributed by atoms with E-state index in [1.54, 1.807) is 29.2 Å². The predicted octanol–water partition coefficient (Wildman–Crippen LogP) is 4.72. The molecule has 1 heterocycles. The zero-order valence-electron chi connectivity index (χ0n) is 18.9. The summed E-state index contributed by atoms with van der Waals surface area (Å²) in [7, 11) is 1.34. The number of methoxy groups -OCH3 is 1. The van der Waals surface area contributed by atoms with E-state index in [-0.39, 0.29) is 11.2 Å². The van der Waals surface area contributed by atoms with Crippen molar-refractivity contribution in [3.8, 4) is 0 Å². The number of amides is 1. The molecule has 1 saturated heterocycles. The number of ketones is 1. The van der Waals surface area contributed by atoms with Crippen molar-refractivity contribution in [2.24, 2.45) is 5.41 Å². The Morgan fingerprint density at radius 2 is 1.67 bits per heavy atom. The third-order valence-electron chi connectivity index (χ3n) is 6.51. The number of Topliss-reactive ketones (excluding diaryl/α,β-unsaturated/α-hetero) is 1. The second-order valence-corrected chi connectivity index (χ2v) is 10.0. The van der Waals surface area contributed by atoms with Gasteiger partial charge in [-0.05, 0) is 76.5 Å². The molecule has 0 radical (unpaired) electrons. The zero-order valence-corrected chi connectivity index (χ0v) is 18.9.